The smallest absolute Gasteiger partial charge is 0.188 e. The fraction of sp³-hybridized carbons (Fsp3) is 0.542. The molecule has 6 atom stereocenters. The number of rotatable bonds is 2. The molecular weight excluding hydrogens is 765 g/mol. The number of hydrogen-bond donors (Lipinski definition) is 0. The van der Waals surface area contributed by atoms with Crippen LogP contribution in [0.25, 0.3) is 11.1 Å². The quantitative estimate of drug-likeness (QED) is 0.299. The molecule has 0 radical (unpaired) electrons. The summed E-state index contributed by atoms with van der Waals surface area (Å²) in [6.45, 7) is 0. The summed E-state index contributed by atoms with van der Waals surface area (Å²) in [6.07, 6.45) is 26.8. The third-order valence-corrected chi connectivity index (χ3v) is 17.6. The largest absolute Gasteiger partial charge is 0.482 e. The van der Waals surface area contributed by atoms with Crippen LogP contribution < -0.4 is 0 Å². The number of ether oxygens (including phenoxy) is 2. The minimum Gasteiger partial charge on any atom is -0.482 e. The first-order chi connectivity index (χ1) is 28.3. The zero-order valence-electron chi connectivity index (χ0n) is 32.8. The fourth-order valence-electron chi connectivity index (χ4n) is 12.5. The van der Waals surface area contributed by atoms with Gasteiger partial charge in [-0.15, -0.1) is 22.7 Å². The third kappa shape index (κ3) is 5.28. The molecule has 4 heterocycles. The van der Waals surface area contributed by atoms with Crippen LogP contribution in [-0.2, 0) is 39.9 Å². The number of nitrogens with zero attached hydrogens (tertiary/aromatic N) is 2. The third-order valence-electron chi connectivity index (χ3n) is 15.5. The average molecular weight is 813 g/mol. The molecule has 10 aliphatic rings. The highest BCUT2D eigenvalue weighted by atomic mass is 32.1. The van der Waals surface area contributed by atoms with Gasteiger partial charge in [0, 0.05) is 67.5 Å². The molecule has 6 unspecified atom stereocenters. The van der Waals surface area contributed by atoms with Crippen LogP contribution in [0.1, 0.15) is 136 Å². The van der Waals surface area contributed by atoms with Gasteiger partial charge in [0.1, 0.15) is 32.7 Å². The highest BCUT2D eigenvalue weighted by Crippen LogP contribution is 2.60. The van der Waals surface area contributed by atoms with Gasteiger partial charge in [-0.05, 0) is 101 Å². The van der Waals surface area contributed by atoms with Gasteiger partial charge in [-0.1, -0.05) is 50.7 Å². The van der Waals surface area contributed by atoms with Crippen molar-refractivity contribution in [3.05, 3.63) is 68.8 Å². The Morgan fingerprint density at radius 3 is 1.21 bits per heavy atom. The van der Waals surface area contributed by atoms with E-state index in [-0.39, 0.29) is 70.1 Å². The van der Waals surface area contributed by atoms with Crippen molar-refractivity contribution in [1.82, 2.24) is 0 Å². The Hall–Kier alpha value is -4.02. The van der Waals surface area contributed by atoms with Gasteiger partial charge < -0.3 is 9.47 Å². The molecule has 0 N–H and O–H groups in total. The molecule has 2 spiro atoms. The van der Waals surface area contributed by atoms with Crippen LogP contribution in [0.5, 0.6) is 0 Å². The second-order valence-electron chi connectivity index (χ2n) is 18.7. The fourth-order valence-corrected chi connectivity index (χ4v) is 14.9. The van der Waals surface area contributed by atoms with Crippen LogP contribution in [0.4, 0.5) is 10.0 Å². The maximum absolute atomic E-state index is 13.5. The van der Waals surface area contributed by atoms with Crippen LogP contribution in [-0.4, -0.2) is 34.6 Å². The van der Waals surface area contributed by atoms with Crippen molar-refractivity contribution in [2.45, 2.75) is 127 Å². The molecule has 6 fully saturated rings. The molecular formula is C48H48N2O6S2. The molecule has 2 aliphatic heterocycles. The summed E-state index contributed by atoms with van der Waals surface area (Å²) in [5.41, 5.74) is 3.85. The van der Waals surface area contributed by atoms with Crippen LogP contribution in [0.2, 0.25) is 0 Å². The van der Waals surface area contributed by atoms with Crippen LogP contribution in [0, 0.1) is 35.5 Å². The minimum absolute atomic E-state index is 0.0475. The van der Waals surface area contributed by atoms with E-state index >= 15 is 0 Å². The van der Waals surface area contributed by atoms with Gasteiger partial charge in [0.15, 0.2) is 34.6 Å². The lowest BCUT2D eigenvalue weighted by atomic mass is 9.72. The number of thiophene rings is 2. The highest BCUT2D eigenvalue weighted by Gasteiger charge is 2.52. The Bertz CT molecular complexity index is 2190. The summed E-state index contributed by atoms with van der Waals surface area (Å²) < 4.78 is 14.4. The lowest BCUT2D eigenvalue weighted by Gasteiger charge is -2.46. The van der Waals surface area contributed by atoms with E-state index in [4.69, 9.17) is 19.5 Å². The summed E-state index contributed by atoms with van der Waals surface area (Å²) in [5.74, 6) is 0.883. The van der Waals surface area contributed by atoms with Gasteiger partial charge in [0.05, 0.1) is 0 Å². The van der Waals surface area contributed by atoms with Crippen LogP contribution >= 0.6 is 22.7 Å². The zero-order chi connectivity index (χ0) is 38.9. The topological polar surface area (TPSA) is 111 Å². The zero-order valence-corrected chi connectivity index (χ0v) is 34.4. The molecule has 10 heteroatoms. The van der Waals surface area contributed by atoms with Gasteiger partial charge in [0.25, 0.3) is 0 Å². The van der Waals surface area contributed by atoms with Crippen molar-refractivity contribution in [1.29, 1.82) is 0 Å². The SMILES string of the molecule is O=C1C(=Nc2cc3c(s2)C2=CC4C=C5OC6(CCCCC6)c6cc(N=C7C(=O)C8CCCCC8C7=O)sc6C5=CC4C=C2OC32CCCCC2)C(=O)C2CCCCC12. The first-order valence-corrected chi connectivity index (χ1v) is 23.8. The molecule has 0 aromatic carbocycles. The van der Waals surface area contributed by atoms with E-state index in [9.17, 15) is 19.2 Å². The summed E-state index contributed by atoms with van der Waals surface area (Å²) in [7, 11) is 0. The molecule has 0 saturated heterocycles. The first-order valence-electron chi connectivity index (χ1n) is 22.2. The molecule has 2 aromatic rings. The van der Waals surface area contributed by atoms with E-state index in [0.717, 1.165) is 156 Å². The van der Waals surface area contributed by atoms with Crippen molar-refractivity contribution in [3.63, 3.8) is 0 Å². The predicted octanol–water partition coefficient (Wildman–Crippen LogP) is 10.7. The highest BCUT2D eigenvalue weighted by molar-refractivity contribution is 7.17. The number of hydrogen-bond acceptors (Lipinski definition) is 10. The average Bonchev–Trinajstić information content (AvgIpc) is 4.00. The maximum atomic E-state index is 13.5. The lowest BCUT2D eigenvalue weighted by Crippen LogP contribution is -2.37. The second kappa shape index (κ2) is 13.2. The van der Waals surface area contributed by atoms with Gasteiger partial charge in [0.2, 0.25) is 0 Å². The Labute approximate surface area is 346 Å². The number of carbonyl (C=O) groups is 4. The summed E-state index contributed by atoms with van der Waals surface area (Å²) in [5, 5.41) is 1.45. The summed E-state index contributed by atoms with van der Waals surface area (Å²) >= 11 is 3.20. The number of ketones is 4. The van der Waals surface area contributed by atoms with Gasteiger partial charge >= 0.3 is 0 Å². The molecule has 0 amide bonds. The number of fused-ring (bicyclic) bond motifs is 11. The van der Waals surface area contributed by atoms with Crippen molar-refractivity contribution >= 4 is 78.4 Å². The van der Waals surface area contributed by atoms with E-state index in [1.165, 1.54) is 12.8 Å². The van der Waals surface area contributed by atoms with E-state index < -0.39 is 11.2 Å². The van der Waals surface area contributed by atoms with Crippen molar-refractivity contribution in [2.24, 2.45) is 45.5 Å². The second-order valence-corrected chi connectivity index (χ2v) is 20.8. The van der Waals surface area contributed by atoms with Gasteiger partial charge in [-0.3, -0.25) is 19.2 Å². The first kappa shape index (κ1) is 35.9. The molecule has 8 aliphatic carbocycles. The predicted molar refractivity (Wildman–Crippen MR) is 225 cm³/mol. The number of aliphatic imine (C=N–C) groups is 2. The molecule has 12 rings (SSSR count). The van der Waals surface area contributed by atoms with Crippen molar-refractivity contribution in [2.75, 3.05) is 0 Å². The van der Waals surface area contributed by atoms with Crippen LogP contribution in [0.3, 0.4) is 0 Å². The van der Waals surface area contributed by atoms with E-state index in [1.54, 1.807) is 22.7 Å². The molecule has 2 aromatic heterocycles. The van der Waals surface area contributed by atoms with Crippen molar-refractivity contribution in [3.8, 4) is 0 Å². The normalized spacial score (nSPS) is 32.6. The molecule has 298 valence electrons. The van der Waals surface area contributed by atoms with E-state index in [0.29, 0.717) is 0 Å². The Morgan fingerprint density at radius 2 is 0.845 bits per heavy atom. The number of Topliss-reactive ketones (excluding diaryl/α,β-unsaturated/α-hetero) is 4. The molecule has 8 nitrogen and oxygen atoms in total. The minimum atomic E-state index is -0.456. The van der Waals surface area contributed by atoms with Gasteiger partial charge in [-0.2, -0.15) is 0 Å². The summed E-state index contributed by atoms with van der Waals surface area (Å²) in [6, 6.07) is 4.25. The van der Waals surface area contributed by atoms with Crippen molar-refractivity contribution < 1.29 is 28.7 Å². The Morgan fingerprint density at radius 1 is 0.483 bits per heavy atom. The van der Waals surface area contributed by atoms with Crippen LogP contribution in [0.15, 0.2) is 57.9 Å². The van der Waals surface area contributed by atoms with E-state index in [1.807, 2.05) is 0 Å². The number of carbonyl (C=O) groups excluding carboxylic acids is 4. The maximum Gasteiger partial charge on any atom is 0.188 e. The molecule has 6 saturated carbocycles. The summed E-state index contributed by atoms with van der Waals surface area (Å²) in [4.78, 5) is 66.0. The standard InChI is InChI=1S/C48H48N2O6S2/c51-41-27-11-3-4-12-28(27)42(52)39(41)49-37-23-33-45(57-37)31-19-26-22-36-32(20-25(26)21-35(31)55-47(33)15-7-1-8-16-47)46-34(48(56-36)17-9-2-10-18-48)24-38(58-46)50-40-43(53)29-13-5-6-14-30(29)44(40)54/h19-30H,1-18H2. The monoisotopic (exact) mass is 812 g/mol. The van der Waals surface area contributed by atoms with Gasteiger partial charge in [-0.25, -0.2) is 9.98 Å². The lowest BCUT2D eigenvalue weighted by molar-refractivity contribution is -0.120. The van der Waals surface area contributed by atoms with E-state index in [2.05, 4.69) is 36.4 Å². The Kier molecular flexibility index (Phi) is 8.19. The molecule has 58 heavy (non-hydrogen) atoms. The molecule has 0 bridgehead atoms. The Balaban J connectivity index is 0.929. The number of allylic oxidation sites excluding steroid dienone is 6.